The molecule has 1 aliphatic carbocycles. The van der Waals surface area contributed by atoms with Gasteiger partial charge in [0.05, 0.1) is 12.6 Å². The highest BCUT2D eigenvalue weighted by Gasteiger charge is 2.29. The summed E-state index contributed by atoms with van der Waals surface area (Å²) in [4.78, 5) is 37.9. The molecule has 168 valence electrons. The molecule has 3 rings (SSSR count). The van der Waals surface area contributed by atoms with Gasteiger partial charge >= 0.3 is 12.1 Å². The van der Waals surface area contributed by atoms with Crippen molar-refractivity contribution in [3.63, 3.8) is 0 Å². The first-order valence-corrected chi connectivity index (χ1v) is 10.9. The molecule has 0 aliphatic heterocycles. The Hall–Kier alpha value is -2.83. The van der Waals surface area contributed by atoms with E-state index in [4.69, 9.17) is 9.47 Å². The summed E-state index contributed by atoms with van der Waals surface area (Å²) in [5.74, 6) is -0.673. The lowest BCUT2D eigenvalue weighted by molar-refractivity contribution is -0.145. The van der Waals surface area contributed by atoms with Gasteiger partial charge in [-0.25, -0.2) is 9.59 Å². The number of nitrogens with one attached hydrogen (secondary N) is 1. The zero-order valence-corrected chi connectivity index (χ0v) is 18.8. The minimum absolute atomic E-state index is 0.0657. The lowest BCUT2D eigenvalue weighted by Gasteiger charge is -2.23. The summed E-state index contributed by atoms with van der Waals surface area (Å²) in [5.41, 5.74) is 0.820. The van der Waals surface area contributed by atoms with Crippen LogP contribution in [0.1, 0.15) is 58.4 Å². The van der Waals surface area contributed by atoms with Crippen LogP contribution in [0.2, 0.25) is 0 Å². The van der Waals surface area contributed by atoms with Crippen LogP contribution >= 0.6 is 0 Å². The van der Waals surface area contributed by atoms with Crippen molar-refractivity contribution in [2.75, 3.05) is 7.11 Å². The molecule has 0 spiro atoms. The summed E-state index contributed by atoms with van der Waals surface area (Å²) in [5, 5.41) is 3.72. The number of para-hydroxylation sites is 1. The third-order valence-corrected chi connectivity index (χ3v) is 5.59. The molecule has 1 saturated carbocycles. The molecule has 1 aromatic heterocycles. The fourth-order valence-corrected chi connectivity index (χ4v) is 4.08. The molecule has 1 heterocycles. The zero-order chi connectivity index (χ0) is 22.6. The Morgan fingerprint density at radius 1 is 1.13 bits per heavy atom. The van der Waals surface area contributed by atoms with Crippen molar-refractivity contribution in [1.29, 1.82) is 0 Å². The topological polar surface area (TPSA) is 86.6 Å². The van der Waals surface area contributed by atoms with Gasteiger partial charge < -0.3 is 14.8 Å². The number of aromatic nitrogens is 1. The first kappa shape index (κ1) is 22.8. The van der Waals surface area contributed by atoms with Gasteiger partial charge in [0.2, 0.25) is 5.91 Å². The number of amides is 1. The minimum Gasteiger partial charge on any atom is -0.467 e. The summed E-state index contributed by atoms with van der Waals surface area (Å²) in [6.45, 7) is 5.43. The summed E-state index contributed by atoms with van der Waals surface area (Å²) in [7, 11) is 1.31. The van der Waals surface area contributed by atoms with Gasteiger partial charge in [-0.1, -0.05) is 37.5 Å². The molecule has 2 aromatic rings. The van der Waals surface area contributed by atoms with Crippen LogP contribution in [0.25, 0.3) is 10.9 Å². The number of esters is 1. The fraction of sp³-hybridized carbons (Fsp3) is 0.542. The first-order chi connectivity index (χ1) is 14.7. The number of methoxy groups -OCH3 is 1. The quantitative estimate of drug-likeness (QED) is 0.721. The highest BCUT2D eigenvalue weighted by molar-refractivity contribution is 5.93. The minimum atomic E-state index is -0.822. The summed E-state index contributed by atoms with van der Waals surface area (Å²) in [6, 6.07) is 6.62. The Morgan fingerprint density at radius 2 is 1.81 bits per heavy atom. The van der Waals surface area contributed by atoms with Crippen molar-refractivity contribution in [1.82, 2.24) is 9.88 Å². The third-order valence-electron chi connectivity index (χ3n) is 5.59. The highest BCUT2D eigenvalue weighted by Crippen LogP contribution is 2.26. The van der Waals surface area contributed by atoms with Gasteiger partial charge in [-0.05, 0) is 45.2 Å². The van der Waals surface area contributed by atoms with E-state index in [-0.39, 0.29) is 18.2 Å². The first-order valence-electron chi connectivity index (χ1n) is 10.9. The van der Waals surface area contributed by atoms with Gasteiger partial charge in [0.1, 0.15) is 11.6 Å². The maximum atomic E-state index is 12.8. The molecular weight excluding hydrogens is 396 g/mol. The molecule has 31 heavy (non-hydrogen) atoms. The Bertz CT molecular complexity index is 951. The third kappa shape index (κ3) is 5.66. The second-order valence-corrected chi connectivity index (χ2v) is 9.15. The number of rotatable bonds is 5. The molecule has 1 aromatic carbocycles. The molecule has 1 amide bonds. The summed E-state index contributed by atoms with van der Waals surface area (Å²) < 4.78 is 11.9. The van der Waals surface area contributed by atoms with E-state index in [0.717, 1.165) is 43.1 Å². The SMILES string of the molecule is COC(=O)[C@H](Cc1cn(C(=O)OC(C)(C)C)c2ccccc12)NC(=O)C1CCCCC1. The van der Waals surface area contributed by atoms with Gasteiger partial charge in [0.15, 0.2) is 0 Å². The van der Waals surface area contributed by atoms with E-state index in [1.807, 2.05) is 45.0 Å². The van der Waals surface area contributed by atoms with E-state index in [1.54, 1.807) is 6.20 Å². The van der Waals surface area contributed by atoms with Gasteiger partial charge in [-0.3, -0.25) is 9.36 Å². The van der Waals surface area contributed by atoms with Crippen molar-refractivity contribution in [2.45, 2.75) is 70.9 Å². The van der Waals surface area contributed by atoms with Crippen LogP contribution in [0.15, 0.2) is 30.5 Å². The van der Waals surface area contributed by atoms with Gasteiger partial charge in [-0.15, -0.1) is 0 Å². The number of ether oxygens (including phenoxy) is 2. The predicted molar refractivity (Wildman–Crippen MR) is 118 cm³/mol. The highest BCUT2D eigenvalue weighted by atomic mass is 16.6. The van der Waals surface area contributed by atoms with Crippen molar-refractivity contribution < 1.29 is 23.9 Å². The second kappa shape index (κ2) is 9.54. The van der Waals surface area contributed by atoms with E-state index < -0.39 is 23.7 Å². The van der Waals surface area contributed by atoms with Crippen LogP contribution < -0.4 is 5.32 Å². The number of carbonyl (C=O) groups is 3. The number of hydrogen-bond acceptors (Lipinski definition) is 5. The molecule has 0 radical (unpaired) electrons. The average Bonchev–Trinajstić information content (AvgIpc) is 3.11. The van der Waals surface area contributed by atoms with Crippen LogP contribution in [0.5, 0.6) is 0 Å². The van der Waals surface area contributed by atoms with Crippen molar-refractivity contribution >= 4 is 28.9 Å². The van der Waals surface area contributed by atoms with Crippen molar-refractivity contribution in [2.24, 2.45) is 5.92 Å². The molecule has 7 nitrogen and oxygen atoms in total. The van der Waals surface area contributed by atoms with Crippen molar-refractivity contribution in [3.8, 4) is 0 Å². The molecule has 7 heteroatoms. The molecular formula is C24H32N2O5. The number of hydrogen-bond donors (Lipinski definition) is 1. The van der Waals surface area contributed by atoms with Crippen LogP contribution in [-0.4, -0.2) is 41.3 Å². The lowest BCUT2D eigenvalue weighted by atomic mass is 9.88. The van der Waals surface area contributed by atoms with Crippen LogP contribution in [-0.2, 0) is 25.5 Å². The van der Waals surface area contributed by atoms with E-state index in [9.17, 15) is 14.4 Å². The van der Waals surface area contributed by atoms with E-state index in [0.29, 0.717) is 5.52 Å². The Morgan fingerprint density at radius 3 is 2.45 bits per heavy atom. The maximum absolute atomic E-state index is 12.8. The van der Waals surface area contributed by atoms with Crippen LogP contribution in [0.3, 0.4) is 0 Å². The monoisotopic (exact) mass is 428 g/mol. The van der Waals surface area contributed by atoms with Crippen molar-refractivity contribution in [3.05, 3.63) is 36.0 Å². The van der Waals surface area contributed by atoms with Gasteiger partial charge in [-0.2, -0.15) is 0 Å². The number of carbonyl (C=O) groups excluding carboxylic acids is 3. The van der Waals surface area contributed by atoms with Gasteiger partial charge in [0, 0.05) is 23.9 Å². The smallest absolute Gasteiger partial charge is 0.419 e. The lowest BCUT2D eigenvalue weighted by Crippen LogP contribution is -2.45. The summed E-state index contributed by atoms with van der Waals surface area (Å²) >= 11 is 0. The number of benzene rings is 1. The van der Waals surface area contributed by atoms with Gasteiger partial charge in [0.25, 0.3) is 0 Å². The van der Waals surface area contributed by atoms with Crippen LogP contribution in [0.4, 0.5) is 4.79 Å². The summed E-state index contributed by atoms with van der Waals surface area (Å²) in [6.07, 6.45) is 6.32. The standard InChI is InChI=1S/C24H32N2O5/c1-24(2,3)31-23(29)26-15-17(18-12-8-9-13-20(18)26)14-19(22(28)30-4)25-21(27)16-10-6-5-7-11-16/h8-9,12-13,15-16,19H,5-7,10-11,14H2,1-4H3,(H,25,27)/t19-/m0/s1. The molecule has 0 bridgehead atoms. The average molecular weight is 429 g/mol. The Labute approximate surface area is 183 Å². The molecule has 1 N–H and O–H groups in total. The molecule has 0 saturated heterocycles. The Balaban J connectivity index is 1.87. The maximum Gasteiger partial charge on any atom is 0.419 e. The zero-order valence-electron chi connectivity index (χ0n) is 18.8. The van der Waals surface area contributed by atoms with E-state index >= 15 is 0 Å². The van der Waals surface area contributed by atoms with E-state index in [1.165, 1.54) is 11.7 Å². The molecule has 1 aliphatic rings. The predicted octanol–water partition coefficient (Wildman–Crippen LogP) is 4.21. The van der Waals surface area contributed by atoms with Crippen LogP contribution in [0, 0.1) is 5.92 Å². The number of nitrogens with zero attached hydrogens (tertiary/aromatic N) is 1. The fourth-order valence-electron chi connectivity index (χ4n) is 4.08. The van der Waals surface area contributed by atoms with E-state index in [2.05, 4.69) is 5.32 Å². The molecule has 1 atom stereocenters. The Kier molecular flexibility index (Phi) is 7.03. The number of fused-ring (bicyclic) bond motifs is 1. The normalized spacial score (nSPS) is 16.0. The molecule has 1 fully saturated rings. The largest absolute Gasteiger partial charge is 0.467 e. The second-order valence-electron chi connectivity index (χ2n) is 9.15. The molecule has 0 unspecified atom stereocenters.